The number of thiol groups is 1. The molecule has 0 aliphatic rings. The Hall–Kier alpha value is 0.0600. The number of halogens is 1. The highest BCUT2D eigenvalue weighted by atomic mass is 127. The summed E-state index contributed by atoms with van der Waals surface area (Å²) in [6.45, 7) is 0. The van der Waals surface area contributed by atoms with Gasteiger partial charge in [-0.05, 0) is 40.8 Å². The van der Waals surface area contributed by atoms with Crippen molar-refractivity contribution >= 4 is 56.6 Å². The first-order valence-corrected chi connectivity index (χ1v) is 5.62. The van der Waals surface area contributed by atoms with Gasteiger partial charge in [-0.25, -0.2) is 0 Å². The molecule has 0 fully saturated rings. The van der Waals surface area contributed by atoms with Gasteiger partial charge in [0.15, 0.2) is 0 Å². The molecule has 0 bridgehead atoms. The number of hydrogen-bond donors (Lipinski definition) is 2. The second-order valence-electron chi connectivity index (χ2n) is 2.40. The molecule has 0 aliphatic heterocycles. The van der Waals surface area contributed by atoms with Gasteiger partial charge in [0, 0.05) is 15.0 Å². The van der Waals surface area contributed by atoms with E-state index in [9.17, 15) is 5.11 Å². The highest BCUT2D eigenvalue weighted by Crippen LogP contribution is 2.38. The van der Waals surface area contributed by atoms with Gasteiger partial charge in [-0.15, -0.1) is 24.0 Å². The van der Waals surface area contributed by atoms with Gasteiger partial charge in [0.05, 0.1) is 0 Å². The molecule has 0 unspecified atom stereocenters. The Balaban J connectivity index is 2.87. The number of fused-ring (bicyclic) bond motifs is 1. The van der Waals surface area contributed by atoms with Crippen molar-refractivity contribution in [2.45, 2.75) is 4.90 Å². The van der Waals surface area contributed by atoms with Crippen LogP contribution in [0.1, 0.15) is 0 Å². The smallest absolute Gasteiger partial charge is 0.147 e. The molecule has 2 aromatic rings. The lowest BCUT2D eigenvalue weighted by Gasteiger charge is -1.91. The highest BCUT2D eigenvalue weighted by Gasteiger charge is 2.07. The predicted octanol–water partition coefficient (Wildman–Crippen LogP) is 3.50. The summed E-state index contributed by atoms with van der Waals surface area (Å²) in [5.74, 6) is 0.393. The summed E-state index contributed by atoms with van der Waals surface area (Å²) in [6, 6.07) is 5.74. The summed E-state index contributed by atoms with van der Waals surface area (Å²) in [7, 11) is 0. The molecular formula is C8H5IOS2. The van der Waals surface area contributed by atoms with E-state index in [1.165, 1.54) is 0 Å². The molecular weight excluding hydrogens is 303 g/mol. The molecule has 0 amide bonds. The lowest BCUT2D eigenvalue weighted by Crippen LogP contribution is -1.65. The first-order chi connectivity index (χ1) is 5.68. The van der Waals surface area contributed by atoms with E-state index in [4.69, 9.17) is 0 Å². The number of rotatable bonds is 0. The molecule has 0 saturated heterocycles. The van der Waals surface area contributed by atoms with Crippen LogP contribution in [-0.2, 0) is 0 Å². The maximum absolute atomic E-state index is 9.57. The second-order valence-corrected chi connectivity index (χ2v) is 5.78. The Morgan fingerprint density at radius 2 is 2.17 bits per heavy atom. The summed E-state index contributed by atoms with van der Waals surface area (Å²) >= 11 is 7.94. The maximum atomic E-state index is 9.57. The molecule has 1 nitrogen and oxygen atoms in total. The zero-order chi connectivity index (χ0) is 8.72. The van der Waals surface area contributed by atoms with Crippen LogP contribution in [0.3, 0.4) is 0 Å². The van der Waals surface area contributed by atoms with Crippen molar-refractivity contribution in [3.05, 3.63) is 21.1 Å². The summed E-state index contributed by atoms with van der Waals surface area (Å²) in [6.07, 6.45) is 0. The van der Waals surface area contributed by atoms with Gasteiger partial charge in [0.25, 0.3) is 0 Å². The van der Waals surface area contributed by atoms with Gasteiger partial charge in [-0.1, -0.05) is 0 Å². The molecule has 2 rings (SSSR count). The minimum atomic E-state index is 0.393. The molecule has 1 aromatic carbocycles. The van der Waals surface area contributed by atoms with E-state index in [2.05, 4.69) is 35.2 Å². The van der Waals surface area contributed by atoms with E-state index in [1.54, 1.807) is 11.3 Å². The molecule has 1 aromatic heterocycles. The van der Waals surface area contributed by atoms with Crippen molar-refractivity contribution in [1.82, 2.24) is 0 Å². The first-order valence-electron chi connectivity index (χ1n) is 3.28. The van der Waals surface area contributed by atoms with Gasteiger partial charge < -0.3 is 5.11 Å². The normalized spacial score (nSPS) is 10.8. The van der Waals surface area contributed by atoms with Crippen LogP contribution in [-0.4, -0.2) is 5.11 Å². The van der Waals surface area contributed by atoms with Crippen molar-refractivity contribution in [3.8, 4) is 5.75 Å². The first kappa shape index (κ1) is 8.65. The third-order valence-electron chi connectivity index (χ3n) is 1.61. The maximum Gasteiger partial charge on any atom is 0.147 e. The fraction of sp³-hybridized carbons (Fsp3) is 0. The number of aromatic hydroxyl groups is 1. The number of thiophene rings is 1. The molecule has 1 N–H and O–H groups in total. The fourth-order valence-electron chi connectivity index (χ4n) is 1.04. The largest absolute Gasteiger partial charge is 0.505 e. The molecule has 4 heteroatoms. The van der Waals surface area contributed by atoms with E-state index in [-0.39, 0.29) is 0 Å². The van der Waals surface area contributed by atoms with Crippen molar-refractivity contribution < 1.29 is 5.11 Å². The van der Waals surface area contributed by atoms with Crippen molar-refractivity contribution in [1.29, 1.82) is 0 Å². The van der Waals surface area contributed by atoms with Gasteiger partial charge >= 0.3 is 0 Å². The van der Waals surface area contributed by atoms with Crippen molar-refractivity contribution in [2.75, 3.05) is 0 Å². The molecule has 0 aliphatic carbocycles. The number of hydrogen-bond acceptors (Lipinski definition) is 3. The van der Waals surface area contributed by atoms with Gasteiger partial charge in [-0.3, -0.25) is 0 Å². The fourth-order valence-corrected chi connectivity index (χ4v) is 3.20. The third kappa shape index (κ3) is 1.31. The average Bonchev–Trinajstić information content (AvgIpc) is 2.28. The number of benzene rings is 1. The zero-order valence-electron chi connectivity index (χ0n) is 5.91. The quantitative estimate of drug-likeness (QED) is 0.564. The van der Waals surface area contributed by atoms with E-state index in [0.29, 0.717) is 5.75 Å². The van der Waals surface area contributed by atoms with Crippen LogP contribution in [0.2, 0.25) is 0 Å². The molecule has 1 heterocycles. The minimum Gasteiger partial charge on any atom is -0.505 e. The Labute approximate surface area is 93.0 Å². The second kappa shape index (κ2) is 3.08. The van der Waals surface area contributed by atoms with Crippen molar-refractivity contribution in [3.63, 3.8) is 0 Å². The zero-order valence-corrected chi connectivity index (χ0v) is 9.78. The van der Waals surface area contributed by atoms with E-state index >= 15 is 0 Å². The van der Waals surface area contributed by atoms with E-state index in [0.717, 1.165) is 17.9 Å². The van der Waals surface area contributed by atoms with Gasteiger partial charge in [0.2, 0.25) is 0 Å². The average molecular weight is 308 g/mol. The van der Waals surface area contributed by atoms with Crippen LogP contribution in [0.5, 0.6) is 5.75 Å². The van der Waals surface area contributed by atoms with Crippen LogP contribution in [0.25, 0.3) is 10.1 Å². The van der Waals surface area contributed by atoms with Crippen LogP contribution in [0, 0.1) is 2.88 Å². The standard InChI is InChI=1S/C8H5IOS2/c9-8-7(10)5-2-1-4(11)3-6(5)12-8/h1-3,10-11H. The van der Waals surface area contributed by atoms with Gasteiger partial charge in [0.1, 0.15) is 8.63 Å². The van der Waals surface area contributed by atoms with Crippen LogP contribution in [0.4, 0.5) is 0 Å². The molecule has 0 spiro atoms. The molecule has 12 heavy (non-hydrogen) atoms. The summed E-state index contributed by atoms with van der Waals surface area (Å²) in [4.78, 5) is 0.931. The molecule has 0 saturated carbocycles. The Kier molecular flexibility index (Phi) is 2.22. The lowest BCUT2D eigenvalue weighted by atomic mass is 10.2. The summed E-state index contributed by atoms with van der Waals surface area (Å²) in [5.41, 5.74) is 0. The minimum absolute atomic E-state index is 0.393. The molecule has 62 valence electrons. The van der Waals surface area contributed by atoms with Gasteiger partial charge in [-0.2, -0.15) is 0 Å². The van der Waals surface area contributed by atoms with Crippen molar-refractivity contribution in [2.24, 2.45) is 0 Å². The Morgan fingerprint density at radius 1 is 1.42 bits per heavy atom. The summed E-state index contributed by atoms with van der Waals surface area (Å²) in [5, 5.41) is 10.5. The lowest BCUT2D eigenvalue weighted by molar-refractivity contribution is 0.480. The third-order valence-corrected chi connectivity index (χ3v) is 3.99. The van der Waals surface area contributed by atoms with Crippen LogP contribution >= 0.6 is 46.6 Å². The Bertz CT molecular complexity index is 436. The molecule has 0 radical (unpaired) electrons. The van der Waals surface area contributed by atoms with Crippen LogP contribution in [0.15, 0.2) is 23.1 Å². The molecule has 0 atom stereocenters. The van der Waals surface area contributed by atoms with E-state index < -0.39 is 0 Å². The summed E-state index contributed by atoms with van der Waals surface area (Å²) < 4.78 is 2.02. The highest BCUT2D eigenvalue weighted by molar-refractivity contribution is 14.1. The predicted molar refractivity (Wildman–Crippen MR) is 63.5 cm³/mol. The monoisotopic (exact) mass is 308 g/mol. The Morgan fingerprint density at radius 3 is 2.92 bits per heavy atom. The van der Waals surface area contributed by atoms with Crippen LogP contribution < -0.4 is 0 Å². The van der Waals surface area contributed by atoms with E-state index in [1.807, 2.05) is 18.2 Å². The SMILES string of the molecule is Oc1c(I)sc2cc(S)ccc12. The topological polar surface area (TPSA) is 20.2 Å².